The zero-order valence-electron chi connectivity index (χ0n) is 15.1. The number of aryl methyl sites for hydroxylation is 1. The first-order chi connectivity index (χ1) is 13.2. The van der Waals surface area contributed by atoms with Crippen LogP contribution in [0.3, 0.4) is 0 Å². The van der Waals surface area contributed by atoms with Crippen molar-refractivity contribution in [3.63, 3.8) is 0 Å². The minimum absolute atomic E-state index is 0.0928. The van der Waals surface area contributed by atoms with E-state index in [4.69, 9.17) is 0 Å². The lowest BCUT2D eigenvalue weighted by atomic mass is 9.90. The zero-order chi connectivity index (χ0) is 18.6. The molecule has 6 nitrogen and oxygen atoms in total. The first-order valence-corrected chi connectivity index (χ1v) is 9.34. The highest BCUT2D eigenvalue weighted by atomic mass is 16.2. The Hall–Kier alpha value is -3.02. The molecule has 1 amide bonds. The number of carbonyl (C=O) groups is 1. The summed E-state index contributed by atoms with van der Waals surface area (Å²) in [6.07, 6.45) is 7.43. The Morgan fingerprint density at radius 3 is 2.59 bits per heavy atom. The summed E-state index contributed by atoms with van der Waals surface area (Å²) in [5.41, 5.74) is 1.89. The van der Waals surface area contributed by atoms with Crippen LogP contribution in [-0.4, -0.2) is 38.4 Å². The number of piperidine rings is 1. The maximum atomic E-state index is 12.6. The minimum atomic E-state index is -0.0928. The molecule has 1 aliphatic rings. The number of pyridine rings is 1. The standard InChI is InChI=1S/C21H22N4O2/c26-20(24-12-7-17(8-13-24)16-5-10-22-11-6-16)9-14-25-15-23-19-4-2-1-3-18(19)21(25)27/h1-6,10-11,15,17H,7-9,12-14H2. The van der Waals surface area contributed by atoms with Crippen molar-refractivity contribution < 1.29 is 4.79 Å². The molecule has 6 heteroatoms. The number of hydrogen-bond acceptors (Lipinski definition) is 4. The van der Waals surface area contributed by atoms with E-state index in [1.807, 2.05) is 35.5 Å². The van der Waals surface area contributed by atoms with Crippen LogP contribution in [0.2, 0.25) is 0 Å². The Kier molecular flexibility index (Phi) is 4.96. The highest BCUT2D eigenvalue weighted by molar-refractivity contribution is 5.77. The third-order valence-corrected chi connectivity index (χ3v) is 5.32. The van der Waals surface area contributed by atoms with E-state index < -0.39 is 0 Å². The summed E-state index contributed by atoms with van der Waals surface area (Å²) in [4.78, 5) is 35.4. The van der Waals surface area contributed by atoms with Crippen molar-refractivity contribution in [2.45, 2.75) is 31.7 Å². The van der Waals surface area contributed by atoms with Crippen LogP contribution in [0.4, 0.5) is 0 Å². The van der Waals surface area contributed by atoms with Gasteiger partial charge in [0.15, 0.2) is 0 Å². The SMILES string of the molecule is O=C(CCn1cnc2ccccc2c1=O)N1CCC(c2ccncc2)CC1. The van der Waals surface area contributed by atoms with Crippen LogP contribution in [0.25, 0.3) is 10.9 Å². The van der Waals surface area contributed by atoms with Gasteiger partial charge >= 0.3 is 0 Å². The number of likely N-dealkylation sites (tertiary alicyclic amines) is 1. The van der Waals surface area contributed by atoms with E-state index in [0.717, 1.165) is 25.9 Å². The van der Waals surface area contributed by atoms with E-state index >= 15 is 0 Å². The Bertz CT molecular complexity index is 992. The second kappa shape index (κ2) is 7.70. The fourth-order valence-electron chi connectivity index (χ4n) is 3.74. The Balaban J connectivity index is 1.35. The van der Waals surface area contributed by atoms with Crippen molar-refractivity contribution in [1.29, 1.82) is 0 Å². The highest BCUT2D eigenvalue weighted by Crippen LogP contribution is 2.27. The van der Waals surface area contributed by atoms with Gasteiger partial charge in [0, 0.05) is 38.4 Å². The number of aromatic nitrogens is 3. The number of benzene rings is 1. The molecule has 4 rings (SSSR count). The van der Waals surface area contributed by atoms with Gasteiger partial charge in [0.25, 0.3) is 5.56 Å². The number of para-hydroxylation sites is 1. The van der Waals surface area contributed by atoms with E-state index in [9.17, 15) is 9.59 Å². The lowest BCUT2D eigenvalue weighted by Gasteiger charge is -2.32. The molecule has 3 heterocycles. The van der Waals surface area contributed by atoms with Crippen LogP contribution < -0.4 is 5.56 Å². The Morgan fingerprint density at radius 1 is 1.07 bits per heavy atom. The van der Waals surface area contributed by atoms with Crippen LogP contribution >= 0.6 is 0 Å². The molecular formula is C21H22N4O2. The predicted octanol–water partition coefficient (Wildman–Crippen LogP) is 2.59. The van der Waals surface area contributed by atoms with Crippen molar-refractivity contribution in [2.75, 3.05) is 13.1 Å². The summed E-state index contributed by atoms with van der Waals surface area (Å²) < 4.78 is 1.53. The van der Waals surface area contributed by atoms with Gasteiger partial charge in [-0.25, -0.2) is 4.98 Å². The number of hydrogen-bond donors (Lipinski definition) is 0. The maximum absolute atomic E-state index is 12.6. The monoisotopic (exact) mass is 362 g/mol. The molecular weight excluding hydrogens is 340 g/mol. The molecule has 0 bridgehead atoms. The normalized spacial score (nSPS) is 15.2. The summed E-state index contributed by atoms with van der Waals surface area (Å²) >= 11 is 0. The fraction of sp³-hybridized carbons (Fsp3) is 0.333. The van der Waals surface area contributed by atoms with Crippen LogP contribution in [0, 0.1) is 0 Å². The molecule has 1 saturated heterocycles. The third-order valence-electron chi connectivity index (χ3n) is 5.32. The van der Waals surface area contributed by atoms with Crippen LogP contribution in [0.15, 0.2) is 59.9 Å². The first kappa shape index (κ1) is 17.4. The van der Waals surface area contributed by atoms with Gasteiger partial charge in [0.1, 0.15) is 0 Å². The molecule has 1 aliphatic heterocycles. The van der Waals surface area contributed by atoms with Gasteiger partial charge in [-0.15, -0.1) is 0 Å². The van der Waals surface area contributed by atoms with E-state index in [1.54, 1.807) is 6.07 Å². The summed E-state index contributed by atoms with van der Waals surface area (Å²) in [6.45, 7) is 1.88. The average molecular weight is 362 g/mol. The maximum Gasteiger partial charge on any atom is 0.261 e. The molecule has 27 heavy (non-hydrogen) atoms. The quantitative estimate of drug-likeness (QED) is 0.715. The highest BCUT2D eigenvalue weighted by Gasteiger charge is 2.23. The largest absolute Gasteiger partial charge is 0.343 e. The van der Waals surface area contributed by atoms with Crippen molar-refractivity contribution in [3.05, 3.63) is 71.0 Å². The molecule has 0 aliphatic carbocycles. The predicted molar refractivity (Wildman–Crippen MR) is 103 cm³/mol. The van der Waals surface area contributed by atoms with Gasteiger partial charge in [-0.2, -0.15) is 0 Å². The number of amides is 1. The van der Waals surface area contributed by atoms with Crippen molar-refractivity contribution in [2.24, 2.45) is 0 Å². The molecule has 0 saturated carbocycles. The average Bonchev–Trinajstić information content (AvgIpc) is 2.74. The third kappa shape index (κ3) is 3.74. The van der Waals surface area contributed by atoms with Gasteiger partial charge in [-0.1, -0.05) is 12.1 Å². The van der Waals surface area contributed by atoms with Crippen molar-refractivity contribution >= 4 is 16.8 Å². The lowest BCUT2D eigenvalue weighted by Crippen LogP contribution is -2.38. The van der Waals surface area contributed by atoms with Gasteiger partial charge in [0.05, 0.1) is 17.2 Å². The molecule has 0 unspecified atom stereocenters. The van der Waals surface area contributed by atoms with Crippen LogP contribution in [0.5, 0.6) is 0 Å². The molecule has 1 fully saturated rings. The molecule has 0 N–H and O–H groups in total. The second-order valence-electron chi connectivity index (χ2n) is 6.95. The summed E-state index contributed by atoms with van der Waals surface area (Å²) in [5, 5.41) is 0.589. The van der Waals surface area contributed by atoms with E-state index in [1.165, 1.54) is 16.5 Å². The number of carbonyl (C=O) groups excluding carboxylic acids is 1. The van der Waals surface area contributed by atoms with Gasteiger partial charge < -0.3 is 4.90 Å². The topological polar surface area (TPSA) is 68.1 Å². The molecule has 0 radical (unpaired) electrons. The minimum Gasteiger partial charge on any atom is -0.343 e. The van der Waals surface area contributed by atoms with Gasteiger partial charge in [0.2, 0.25) is 5.91 Å². The van der Waals surface area contributed by atoms with Gasteiger partial charge in [-0.3, -0.25) is 19.1 Å². The van der Waals surface area contributed by atoms with Crippen molar-refractivity contribution in [3.8, 4) is 0 Å². The van der Waals surface area contributed by atoms with Crippen LogP contribution in [-0.2, 0) is 11.3 Å². The van der Waals surface area contributed by atoms with Gasteiger partial charge in [-0.05, 0) is 48.6 Å². The smallest absolute Gasteiger partial charge is 0.261 e. The Morgan fingerprint density at radius 2 is 1.81 bits per heavy atom. The first-order valence-electron chi connectivity index (χ1n) is 9.34. The molecule has 0 atom stereocenters. The molecule has 2 aromatic heterocycles. The number of rotatable bonds is 4. The number of fused-ring (bicyclic) bond motifs is 1. The molecule has 0 spiro atoms. The fourth-order valence-corrected chi connectivity index (χ4v) is 3.74. The zero-order valence-corrected chi connectivity index (χ0v) is 15.1. The van der Waals surface area contributed by atoms with E-state index in [0.29, 0.717) is 29.8 Å². The Labute approximate surface area is 157 Å². The molecule has 1 aromatic carbocycles. The summed E-state index contributed by atoms with van der Waals surface area (Å²) in [5.74, 6) is 0.590. The van der Waals surface area contributed by atoms with E-state index in [2.05, 4.69) is 22.1 Å². The van der Waals surface area contributed by atoms with Crippen molar-refractivity contribution in [1.82, 2.24) is 19.4 Å². The summed E-state index contributed by atoms with van der Waals surface area (Å²) in [6, 6.07) is 11.4. The molecule has 138 valence electrons. The number of nitrogens with zero attached hydrogens (tertiary/aromatic N) is 4. The molecule has 3 aromatic rings. The second-order valence-corrected chi connectivity index (χ2v) is 6.95. The lowest BCUT2D eigenvalue weighted by molar-refractivity contribution is -0.132. The summed E-state index contributed by atoms with van der Waals surface area (Å²) in [7, 11) is 0. The van der Waals surface area contributed by atoms with Crippen LogP contribution in [0.1, 0.15) is 30.7 Å². The van der Waals surface area contributed by atoms with E-state index in [-0.39, 0.29) is 11.5 Å².